The number of fused-ring (bicyclic) bond motifs is 1. The molecule has 1 aliphatic heterocycles. The van der Waals surface area contributed by atoms with E-state index in [4.69, 9.17) is 4.74 Å². The van der Waals surface area contributed by atoms with Gasteiger partial charge in [0.25, 0.3) is 0 Å². The summed E-state index contributed by atoms with van der Waals surface area (Å²) in [4.78, 5) is 28.6. The zero-order valence-electron chi connectivity index (χ0n) is 13.2. The Hall–Kier alpha value is -2.34. The normalized spacial score (nSPS) is 21.0. The van der Waals surface area contributed by atoms with E-state index in [9.17, 15) is 14.7 Å². The van der Waals surface area contributed by atoms with Crippen LogP contribution >= 0.6 is 0 Å². The first-order valence-electron chi connectivity index (χ1n) is 7.62. The van der Waals surface area contributed by atoms with Crippen LogP contribution in [0.1, 0.15) is 17.5 Å². The first kappa shape index (κ1) is 15.6. The van der Waals surface area contributed by atoms with Crippen LogP contribution in [0.15, 0.2) is 24.4 Å². The molecule has 1 fully saturated rings. The van der Waals surface area contributed by atoms with E-state index in [1.54, 1.807) is 7.11 Å². The van der Waals surface area contributed by atoms with Crippen LogP contribution in [0.3, 0.4) is 0 Å². The Morgan fingerprint density at radius 1 is 1.43 bits per heavy atom. The highest BCUT2D eigenvalue weighted by atomic mass is 16.5. The molecule has 0 aliphatic carbocycles. The summed E-state index contributed by atoms with van der Waals surface area (Å²) in [5.74, 6) is -1.16. The molecule has 2 atom stereocenters. The molecule has 3 rings (SSSR count). The Balaban J connectivity index is 1.84. The second-order valence-corrected chi connectivity index (χ2v) is 5.98. The van der Waals surface area contributed by atoms with Gasteiger partial charge in [0.15, 0.2) is 0 Å². The molecular weight excluding hydrogens is 296 g/mol. The molecule has 2 N–H and O–H groups in total. The highest BCUT2D eigenvalue weighted by Gasteiger charge is 2.39. The molecule has 122 valence electrons. The summed E-state index contributed by atoms with van der Waals surface area (Å²) in [6.45, 7) is 2.33. The van der Waals surface area contributed by atoms with E-state index in [0.29, 0.717) is 13.0 Å². The Morgan fingerprint density at radius 3 is 2.91 bits per heavy atom. The fraction of sp³-hybridized carbons (Fsp3) is 0.412. The maximum absolute atomic E-state index is 12.6. The number of aromatic nitrogens is 1. The topological polar surface area (TPSA) is 82.6 Å². The number of benzene rings is 1. The summed E-state index contributed by atoms with van der Waals surface area (Å²) < 4.78 is 5.23. The molecule has 23 heavy (non-hydrogen) atoms. The van der Waals surface area contributed by atoms with Crippen molar-refractivity contribution in [1.29, 1.82) is 0 Å². The van der Waals surface area contributed by atoms with Gasteiger partial charge in [-0.2, -0.15) is 0 Å². The third-order valence-electron chi connectivity index (χ3n) is 4.54. The van der Waals surface area contributed by atoms with Gasteiger partial charge in [0.05, 0.1) is 12.5 Å². The summed E-state index contributed by atoms with van der Waals surface area (Å²) in [7, 11) is 1.54. The third-order valence-corrected chi connectivity index (χ3v) is 4.54. The summed E-state index contributed by atoms with van der Waals surface area (Å²) in [6, 6.07) is 5.12. The average molecular weight is 316 g/mol. The molecule has 1 aromatic carbocycles. The molecule has 0 saturated carbocycles. The lowest BCUT2D eigenvalue weighted by molar-refractivity contribution is -0.147. The molecule has 1 amide bonds. The number of hydrogen-bond donors (Lipinski definition) is 2. The molecule has 6 nitrogen and oxygen atoms in total. The predicted octanol–water partition coefficient (Wildman–Crippen LogP) is 1.72. The van der Waals surface area contributed by atoms with E-state index in [1.807, 2.05) is 31.3 Å². The highest BCUT2D eigenvalue weighted by molar-refractivity contribution is 5.92. The second kappa shape index (κ2) is 6.04. The van der Waals surface area contributed by atoms with E-state index in [1.165, 1.54) is 4.90 Å². The number of methoxy groups -OCH3 is 1. The van der Waals surface area contributed by atoms with Gasteiger partial charge in [-0.1, -0.05) is 12.1 Å². The third kappa shape index (κ3) is 2.82. The van der Waals surface area contributed by atoms with E-state index in [0.717, 1.165) is 22.0 Å². The second-order valence-electron chi connectivity index (χ2n) is 5.98. The number of amides is 1. The number of ether oxygens (including phenoxy) is 1. The number of likely N-dealkylation sites (tertiary alicyclic amines) is 1. The van der Waals surface area contributed by atoms with Crippen LogP contribution in [0.25, 0.3) is 10.9 Å². The number of hydrogen-bond acceptors (Lipinski definition) is 3. The molecule has 2 heterocycles. The van der Waals surface area contributed by atoms with Crippen molar-refractivity contribution in [1.82, 2.24) is 9.88 Å². The summed E-state index contributed by atoms with van der Waals surface area (Å²) >= 11 is 0. The van der Waals surface area contributed by atoms with Crippen molar-refractivity contribution in [3.63, 3.8) is 0 Å². The van der Waals surface area contributed by atoms with Gasteiger partial charge < -0.3 is 19.7 Å². The summed E-state index contributed by atoms with van der Waals surface area (Å²) in [6.07, 6.45) is 2.13. The number of carbonyl (C=O) groups excluding carboxylic acids is 1. The number of carboxylic acid groups (broad SMARTS) is 1. The van der Waals surface area contributed by atoms with Crippen molar-refractivity contribution in [2.45, 2.75) is 31.9 Å². The van der Waals surface area contributed by atoms with Crippen molar-refractivity contribution in [2.75, 3.05) is 13.7 Å². The fourth-order valence-corrected chi connectivity index (χ4v) is 3.33. The van der Waals surface area contributed by atoms with Crippen molar-refractivity contribution in [2.24, 2.45) is 0 Å². The minimum absolute atomic E-state index is 0.180. The molecule has 2 aromatic rings. The lowest BCUT2D eigenvalue weighted by atomic mass is 10.0. The van der Waals surface area contributed by atoms with Gasteiger partial charge in [-0.25, -0.2) is 4.79 Å². The number of nitrogens with one attached hydrogen (secondary N) is 1. The zero-order chi connectivity index (χ0) is 16.6. The lowest BCUT2D eigenvalue weighted by Gasteiger charge is -2.21. The SMILES string of the molecule is COC1CC(C(=O)O)N(C(=O)Cc2c[nH]c3cccc(C)c23)C1. The van der Waals surface area contributed by atoms with Gasteiger partial charge >= 0.3 is 5.97 Å². The van der Waals surface area contributed by atoms with Crippen LogP contribution in [-0.2, 0) is 20.7 Å². The van der Waals surface area contributed by atoms with E-state index in [2.05, 4.69) is 4.98 Å². The molecule has 0 radical (unpaired) electrons. The van der Waals surface area contributed by atoms with Crippen molar-refractivity contribution < 1.29 is 19.4 Å². The first-order chi connectivity index (χ1) is 11.0. The standard InChI is InChI=1S/C17H20N2O4/c1-10-4-3-5-13-16(10)11(8-18-13)6-15(20)19-9-12(23-2)7-14(19)17(21)22/h3-5,8,12,14,18H,6-7,9H2,1-2H3,(H,21,22). The minimum Gasteiger partial charge on any atom is -0.480 e. The fourth-order valence-electron chi connectivity index (χ4n) is 3.33. The van der Waals surface area contributed by atoms with Crippen molar-refractivity contribution in [3.8, 4) is 0 Å². The van der Waals surface area contributed by atoms with Gasteiger partial charge in [0.2, 0.25) is 5.91 Å². The molecule has 1 aromatic heterocycles. The van der Waals surface area contributed by atoms with Crippen molar-refractivity contribution in [3.05, 3.63) is 35.5 Å². The maximum Gasteiger partial charge on any atom is 0.326 e. The Bertz CT molecular complexity index is 752. The number of H-pyrrole nitrogens is 1. The summed E-state index contributed by atoms with van der Waals surface area (Å²) in [5.41, 5.74) is 2.98. The number of carbonyl (C=O) groups is 2. The van der Waals surface area contributed by atoms with Crippen molar-refractivity contribution >= 4 is 22.8 Å². The molecule has 1 aliphatic rings. The highest BCUT2D eigenvalue weighted by Crippen LogP contribution is 2.25. The van der Waals surface area contributed by atoms with Gasteiger partial charge in [0.1, 0.15) is 6.04 Å². The van der Waals surface area contributed by atoms with Gasteiger partial charge in [0, 0.05) is 37.2 Å². The van der Waals surface area contributed by atoms with E-state index < -0.39 is 12.0 Å². The number of aromatic amines is 1. The monoisotopic (exact) mass is 316 g/mol. The maximum atomic E-state index is 12.6. The van der Waals surface area contributed by atoms with Crippen LogP contribution in [0.4, 0.5) is 0 Å². The Kier molecular flexibility index (Phi) is 4.09. The number of carboxylic acids is 1. The molecule has 1 saturated heterocycles. The van der Waals surface area contributed by atoms with Crippen LogP contribution < -0.4 is 0 Å². The minimum atomic E-state index is -0.979. The van der Waals surface area contributed by atoms with Crippen LogP contribution in [0, 0.1) is 6.92 Å². The number of rotatable bonds is 4. The molecule has 6 heteroatoms. The largest absolute Gasteiger partial charge is 0.480 e. The lowest BCUT2D eigenvalue weighted by Crippen LogP contribution is -2.41. The van der Waals surface area contributed by atoms with Gasteiger partial charge in [-0.15, -0.1) is 0 Å². The zero-order valence-corrected chi connectivity index (χ0v) is 13.2. The molecule has 0 spiro atoms. The summed E-state index contributed by atoms with van der Waals surface area (Å²) in [5, 5.41) is 10.4. The number of aliphatic carboxylic acids is 1. The molecular formula is C17H20N2O4. The molecule has 2 unspecified atom stereocenters. The van der Waals surface area contributed by atoms with Gasteiger partial charge in [-0.05, 0) is 24.1 Å². The number of nitrogens with zero attached hydrogens (tertiary/aromatic N) is 1. The predicted molar refractivity (Wildman–Crippen MR) is 85.3 cm³/mol. The number of aryl methyl sites for hydroxylation is 1. The Labute approximate surface area is 134 Å². The van der Waals surface area contributed by atoms with Gasteiger partial charge in [-0.3, -0.25) is 4.79 Å². The van der Waals surface area contributed by atoms with E-state index >= 15 is 0 Å². The molecule has 0 bridgehead atoms. The smallest absolute Gasteiger partial charge is 0.326 e. The van der Waals surface area contributed by atoms with Crippen LogP contribution in [0.2, 0.25) is 0 Å². The Morgan fingerprint density at radius 2 is 2.22 bits per heavy atom. The quantitative estimate of drug-likeness (QED) is 0.900. The van der Waals surface area contributed by atoms with Crippen LogP contribution in [-0.4, -0.2) is 52.7 Å². The average Bonchev–Trinajstić information content (AvgIpc) is 3.12. The van der Waals surface area contributed by atoms with E-state index in [-0.39, 0.29) is 18.4 Å². The van der Waals surface area contributed by atoms with Crippen LogP contribution in [0.5, 0.6) is 0 Å². The first-order valence-corrected chi connectivity index (χ1v) is 7.62.